The molecule has 2 aliphatic heterocycles. The maximum absolute atomic E-state index is 12.3. The van der Waals surface area contributed by atoms with Gasteiger partial charge < -0.3 is 15.4 Å². The molecule has 0 amide bonds. The molecule has 1 aromatic rings. The third-order valence-electron chi connectivity index (χ3n) is 4.55. The number of piperazine rings is 1. The molecule has 0 aliphatic carbocycles. The number of ether oxygens (including phenoxy) is 1. The van der Waals surface area contributed by atoms with Gasteiger partial charge in [0.2, 0.25) is 0 Å². The van der Waals surface area contributed by atoms with E-state index in [0.29, 0.717) is 12.6 Å². The molecule has 0 saturated carbocycles. The smallest absolute Gasteiger partial charge is 0.323 e. The number of esters is 1. The van der Waals surface area contributed by atoms with E-state index in [4.69, 9.17) is 4.74 Å². The van der Waals surface area contributed by atoms with E-state index >= 15 is 0 Å². The third-order valence-corrected chi connectivity index (χ3v) is 4.55. The number of benzene rings is 1. The van der Waals surface area contributed by atoms with E-state index in [1.165, 1.54) is 0 Å². The molecule has 2 saturated heterocycles. The highest BCUT2D eigenvalue weighted by Gasteiger charge is 2.31. The van der Waals surface area contributed by atoms with Crippen LogP contribution in [0.1, 0.15) is 18.4 Å². The molecule has 2 atom stereocenters. The summed E-state index contributed by atoms with van der Waals surface area (Å²) in [4.78, 5) is 14.8. The van der Waals surface area contributed by atoms with Crippen molar-refractivity contribution in [2.45, 2.75) is 31.5 Å². The Bertz CT molecular complexity index is 474. The summed E-state index contributed by atoms with van der Waals surface area (Å²) in [5.74, 6) is -0.122. The molecule has 1 aromatic carbocycles. The Hall–Kier alpha value is -1.43. The molecule has 3 rings (SSSR count). The zero-order valence-electron chi connectivity index (χ0n) is 13.0. The van der Waals surface area contributed by atoms with Gasteiger partial charge in [-0.3, -0.25) is 9.69 Å². The molecule has 120 valence electrons. The van der Waals surface area contributed by atoms with Crippen LogP contribution in [0.4, 0.5) is 0 Å². The summed E-state index contributed by atoms with van der Waals surface area (Å²) in [5.41, 5.74) is 1.03. The summed E-state index contributed by atoms with van der Waals surface area (Å²) in [5, 5.41) is 6.68. The topological polar surface area (TPSA) is 53.6 Å². The maximum atomic E-state index is 12.3. The van der Waals surface area contributed by atoms with E-state index in [1.807, 2.05) is 30.3 Å². The van der Waals surface area contributed by atoms with Gasteiger partial charge in [0, 0.05) is 32.2 Å². The van der Waals surface area contributed by atoms with Crippen molar-refractivity contribution in [3.05, 3.63) is 35.9 Å². The minimum absolute atomic E-state index is 0.122. The molecule has 2 unspecified atom stereocenters. The van der Waals surface area contributed by atoms with Crippen LogP contribution in [0, 0.1) is 0 Å². The zero-order valence-corrected chi connectivity index (χ0v) is 13.0. The second-order valence-electron chi connectivity index (χ2n) is 6.06. The van der Waals surface area contributed by atoms with Crippen molar-refractivity contribution in [1.29, 1.82) is 0 Å². The van der Waals surface area contributed by atoms with E-state index in [0.717, 1.165) is 51.1 Å². The second kappa shape index (κ2) is 7.72. The van der Waals surface area contributed by atoms with Gasteiger partial charge >= 0.3 is 5.97 Å². The summed E-state index contributed by atoms with van der Waals surface area (Å²) < 4.78 is 5.47. The quantitative estimate of drug-likeness (QED) is 0.804. The van der Waals surface area contributed by atoms with E-state index in [9.17, 15) is 4.79 Å². The number of nitrogens with zero attached hydrogens (tertiary/aromatic N) is 1. The first-order valence-electron chi connectivity index (χ1n) is 8.21. The van der Waals surface area contributed by atoms with Gasteiger partial charge in [-0.1, -0.05) is 30.3 Å². The number of rotatable bonds is 4. The lowest BCUT2D eigenvalue weighted by Crippen LogP contribution is -2.55. The molecular weight excluding hydrogens is 278 g/mol. The monoisotopic (exact) mass is 303 g/mol. The summed E-state index contributed by atoms with van der Waals surface area (Å²) in [6, 6.07) is 10.2. The van der Waals surface area contributed by atoms with E-state index in [-0.39, 0.29) is 12.0 Å². The van der Waals surface area contributed by atoms with Crippen LogP contribution in [0.2, 0.25) is 0 Å². The summed E-state index contributed by atoms with van der Waals surface area (Å²) in [6.07, 6.45) is 1.97. The van der Waals surface area contributed by atoms with Crippen LogP contribution in [-0.4, -0.2) is 55.7 Å². The normalized spacial score (nSPS) is 26.5. The first-order chi connectivity index (χ1) is 10.8. The van der Waals surface area contributed by atoms with Gasteiger partial charge in [-0.2, -0.15) is 0 Å². The first-order valence-corrected chi connectivity index (χ1v) is 8.21. The standard InChI is InChI=1S/C17H25N3O2/c21-17(22-13-14-4-2-1-3-5-14)16-12-15(6-7-19-16)20-10-8-18-9-11-20/h1-5,15-16,18-19H,6-13H2. The lowest BCUT2D eigenvalue weighted by Gasteiger charge is -2.39. The fourth-order valence-corrected chi connectivity index (χ4v) is 3.29. The molecule has 2 fully saturated rings. The van der Waals surface area contributed by atoms with Crippen molar-refractivity contribution < 1.29 is 9.53 Å². The lowest BCUT2D eigenvalue weighted by molar-refractivity contribution is -0.148. The fraction of sp³-hybridized carbons (Fsp3) is 0.588. The van der Waals surface area contributed by atoms with Crippen LogP contribution in [-0.2, 0) is 16.1 Å². The molecular formula is C17H25N3O2. The molecule has 0 bridgehead atoms. The van der Waals surface area contributed by atoms with Crippen LogP contribution in [0.25, 0.3) is 0 Å². The number of hydrogen-bond acceptors (Lipinski definition) is 5. The van der Waals surface area contributed by atoms with Crippen molar-refractivity contribution in [3.8, 4) is 0 Å². The third kappa shape index (κ3) is 4.06. The summed E-state index contributed by atoms with van der Waals surface area (Å²) in [7, 11) is 0. The number of nitrogens with one attached hydrogen (secondary N) is 2. The highest BCUT2D eigenvalue weighted by molar-refractivity contribution is 5.76. The highest BCUT2D eigenvalue weighted by atomic mass is 16.5. The Morgan fingerprint density at radius 3 is 2.73 bits per heavy atom. The number of carbonyl (C=O) groups is 1. The van der Waals surface area contributed by atoms with Gasteiger partial charge in [-0.05, 0) is 24.9 Å². The summed E-state index contributed by atoms with van der Waals surface area (Å²) in [6.45, 7) is 5.50. The first kappa shape index (κ1) is 15.5. The Morgan fingerprint density at radius 1 is 1.18 bits per heavy atom. The van der Waals surface area contributed by atoms with Crippen LogP contribution in [0.3, 0.4) is 0 Å². The molecule has 0 aromatic heterocycles. The second-order valence-corrected chi connectivity index (χ2v) is 6.06. The number of hydrogen-bond donors (Lipinski definition) is 2. The molecule has 5 heteroatoms. The largest absolute Gasteiger partial charge is 0.460 e. The minimum Gasteiger partial charge on any atom is -0.460 e. The van der Waals surface area contributed by atoms with Crippen LogP contribution in [0.15, 0.2) is 30.3 Å². The van der Waals surface area contributed by atoms with E-state index < -0.39 is 0 Å². The Morgan fingerprint density at radius 2 is 1.95 bits per heavy atom. The molecule has 2 heterocycles. The fourth-order valence-electron chi connectivity index (χ4n) is 3.29. The number of carbonyl (C=O) groups excluding carboxylic acids is 1. The Labute approximate surface area is 132 Å². The predicted molar refractivity (Wildman–Crippen MR) is 85.5 cm³/mol. The van der Waals surface area contributed by atoms with Crippen LogP contribution >= 0.6 is 0 Å². The highest BCUT2D eigenvalue weighted by Crippen LogP contribution is 2.17. The molecule has 0 spiro atoms. The maximum Gasteiger partial charge on any atom is 0.323 e. The van der Waals surface area contributed by atoms with Crippen LogP contribution < -0.4 is 10.6 Å². The van der Waals surface area contributed by atoms with Crippen LogP contribution in [0.5, 0.6) is 0 Å². The van der Waals surface area contributed by atoms with Crippen molar-refractivity contribution in [2.75, 3.05) is 32.7 Å². The molecule has 0 radical (unpaired) electrons. The average Bonchev–Trinajstić information content (AvgIpc) is 2.61. The van der Waals surface area contributed by atoms with Gasteiger partial charge in [-0.25, -0.2) is 0 Å². The average molecular weight is 303 g/mol. The Balaban J connectivity index is 1.49. The van der Waals surface area contributed by atoms with E-state index in [2.05, 4.69) is 15.5 Å². The van der Waals surface area contributed by atoms with Gasteiger partial charge in [0.15, 0.2) is 0 Å². The van der Waals surface area contributed by atoms with Gasteiger partial charge in [-0.15, -0.1) is 0 Å². The van der Waals surface area contributed by atoms with Crippen molar-refractivity contribution >= 4 is 5.97 Å². The number of piperidine rings is 1. The van der Waals surface area contributed by atoms with Gasteiger partial charge in [0.25, 0.3) is 0 Å². The molecule has 5 nitrogen and oxygen atoms in total. The van der Waals surface area contributed by atoms with Gasteiger partial charge in [0.1, 0.15) is 12.6 Å². The van der Waals surface area contributed by atoms with Crippen molar-refractivity contribution in [1.82, 2.24) is 15.5 Å². The van der Waals surface area contributed by atoms with Crippen molar-refractivity contribution in [2.24, 2.45) is 0 Å². The molecule has 2 aliphatic rings. The zero-order chi connectivity index (χ0) is 15.2. The molecule has 2 N–H and O–H groups in total. The lowest BCUT2D eigenvalue weighted by atomic mass is 9.97. The van der Waals surface area contributed by atoms with Crippen molar-refractivity contribution in [3.63, 3.8) is 0 Å². The van der Waals surface area contributed by atoms with Gasteiger partial charge in [0.05, 0.1) is 0 Å². The molecule has 22 heavy (non-hydrogen) atoms. The van der Waals surface area contributed by atoms with E-state index in [1.54, 1.807) is 0 Å². The summed E-state index contributed by atoms with van der Waals surface area (Å²) >= 11 is 0. The minimum atomic E-state index is -0.169. The Kier molecular flexibility index (Phi) is 5.43. The SMILES string of the molecule is O=C(OCc1ccccc1)C1CC(N2CCNCC2)CCN1. The predicted octanol–water partition coefficient (Wildman–Crippen LogP) is 0.756.